The second-order valence-corrected chi connectivity index (χ2v) is 6.78. The number of benzene rings is 1. The molecule has 1 aromatic carbocycles. The average Bonchev–Trinajstić information content (AvgIpc) is 3.02. The van der Waals surface area contributed by atoms with E-state index in [9.17, 15) is 4.79 Å². The maximum atomic E-state index is 12.1. The van der Waals surface area contributed by atoms with E-state index in [0.717, 1.165) is 11.0 Å². The summed E-state index contributed by atoms with van der Waals surface area (Å²) in [6, 6.07) is 1.71. The summed E-state index contributed by atoms with van der Waals surface area (Å²) in [6.45, 7) is 9.90. The number of hydrogen-bond donors (Lipinski definition) is 0. The van der Waals surface area contributed by atoms with Gasteiger partial charge in [-0.25, -0.2) is 4.79 Å². The molecule has 0 bridgehead atoms. The molecule has 1 aromatic rings. The summed E-state index contributed by atoms with van der Waals surface area (Å²) < 4.78 is 28.0. The quantitative estimate of drug-likeness (QED) is 0.612. The average molecular weight is 320 g/mol. The Balaban J connectivity index is 2.09. The molecule has 0 radical (unpaired) electrons. The van der Waals surface area contributed by atoms with Crippen molar-refractivity contribution in [2.75, 3.05) is 13.9 Å². The van der Waals surface area contributed by atoms with Crippen molar-refractivity contribution in [3.05, 3.63) is 17.2 Å². The fourth-order valence-electron chi connectivity index (χ4n) is 2.69. The van der Waals surface area contributed by atoms with Gasteiger partial charge in [-0.2, -0.15) is 0 Å². The zero-order valence-corrected chi connectivity index (χ0v) is 14.3. The van der Waals surface area contributed by atoms with Crippen LogP contribution in [-0.4, -0.2) is 38.2 Å². The van der Waals surface area contributed by atoms with Crippen LogP contribution in [0.4, 0.5) is 0 Å². The molecule has 0 amide bonds. The molecular weight excluding hydrogens is 299 g/mol. The van der Waals surface area contributed by atoms with Gasteiger partial charge in [-0.15, -0.1) is 0 Å². The van der Waals surface area contributed by atoms with Crippen molar-refractivity contribution in [3.63, 3.8) is 0 Å². The van der Waals surface area contributed by atoms with E-state index in [2.05, 4.69) is 0 Å². The SMILES string of the molecule is COC(=O)c1cc(B2OC(C)(C)C(C)(C)O2)c(C)c2c1OCO2. The van der Waals surface area contributed by atoms with Gasteiger partial charge < -0.3 is 23.5 Å². The van der Waals surface area contributed by atoms with Crippen LogP contribution in [-0.2, 0) is 14.0 Å². The zero-order chi connectivity index (χ0) is 17.0. The van der Waals surface area contributed by atoms with Crippen LogP contribution in [0.5, 0.6) is 11.5 Å². The predicted molar refractivity (Wildman–Crippen MR) is 84.4 cm³/mol. The molecule has 0 atom stereocenters. The number of hydrogen-bond acceptors (Lipinski definition) is 6. The summed E-state index contributed by atoms with van der Waals surface area (Å²) in [4.78, 5) is 12.1. The molecule has 23 heavy (non-hydrogen) atoms. The molecule has 1 saturated heterocycles. The lowest BCUT2D eigenvalue weighted by Crippen LogP contribution is -2.41. The lowest BCUT2D eigenvalue weighted by molar-refractivity contribution is 0.00578. The normalized spacial score (nSPS) is 20.7. The maximum Gasteiger partial charge on any atom is 0.495 e. The van der Waals surface area contributed by atoms with Gasteiger partial charge in [-0.05, 0) is 51.7 Å². The Morgan fingerprint density at radius 1 is 1.13 bits per heavy atom. The van der Waals surface area contributed by atoms with Gasteiger partial charge in [-0.3, -0.25) is 0 Å². The Labute approximate surface area is 136 Å². The molecular formula is C16H21BO6. The van der Waals surface area contributed by atoms with E-state index >= 15 is 0 Å². The predicted octanol–water partition coefficient (Wildman–Crippen LogP) is 1.81. The van der Waals surface area contributed by atoms with Gasteiger partial charge >= 0.3 is 13.1 Å². The highest BCUT2D eigenvalue weighted by Gasteiger charge is 2.52. The van der Waals surface area contributed by atoms with Crippen LogP contribution >= 0.6 is 0 Å². The van der Waals surface area contributed by atoms with Crippen LogP contribution in [0.15, 0.2) is 6.07 Å². The van der Waals surface area contributed by atoms with Gasteiger partial charge in [0.15, 0.2) is 11.5 Å². The maximum absolute atomic E-state index is 12.1. The summed E-state index contributed by atoms with van der Waals surface area (Å²) in [7, 11) is 0.747. The van der Waals surface area contributed by atoms with Crippen LogP contribution in [0, 0.1) is 6.92 Å². The van der Waals surface area contributed by atoms with E-state index in [0.29, 0.717) is 17.1 Å². The third-order valence-electron chi connectivity index (χ3n) is 4.84. The van der Waals surface area contributed by atoms with E-state index in [4.69, 9.17) is 23.5 Å². The number of esters is 1. The Kier molecular flexibility index (Phi) is 3.61. The number of methoxy groups -OCH3 is 1. The van der Waals surface area contributed by atoms with Crippen molar-refractivity contribution in [1.82, 2.24) is 0 Å². The van der Waals surface area contributed by atoms with Crippen molar-refractivity contribution in [2.45, 2.75) is 45.8 Å². The van der Waals surface area contributed by atoms with Crippen molar-refractivity contribution in [3.8, 4) is 11.5 Å². The fraction of sp³-hybridized carbons (Fsp3) is 0.562. The third kappa shape index (κ3) is 2.39. The van der Waals surface area contributed by atoms with Crippen LogP contribution in [0.25, 0.3) is 0 Å². The number of ether oxygens (including phenoxy) is 3. The van der Waals surface area contributed by atoms with Crippen molar-refractivity contribution in [2.24, 2.45) is 0 Å². The minimum absolute atomic E-state index is 0.0764. The molecule has 2 heterocycles. The largest absolute Gasteiger partial charge is 0.495 e. The van der Waals surface area contributed by atoms with Crippen LogP contribution in [0.3, 0.4) is 0 Å². The monoisotopic (exact) mass is 320 g/mol. The van der Waals surface area contributed by atoms with Gasteiger partial charge in [-0.1, -0.05) is 0 Å². The van der Waals surface area contributed by atoms with Gasteiger partial charge in [0.2, 0.25) is 6.79 Å². The molecule has 124 valence electrons. The molecule has 0 saturated carbocycles. The molecule has 6 nitrogen and oxygen atoms in total. The first kappa shape index (κ1) is 16.1. The van der Waals surface area contributed by atoms with E-state index in [1.807, 2.05) is 34.6 Å². The molecule has 2 aliphatic rings. The minimum atomic E-state index is -0.585. The second kappa shape index (κ2) is 5.14. The van der Waals surface area contributed by atoms with E-state index in [1.165, 1.54) is 7.11 Å². The zero-order valence-electron chi connectivity index (χ0n) is 14.3. The Morgan fingerprint density at radius 3 is 2.26 bits per heavy atom. The van der Waals surface area contributed by atoms with Gasteiger partial charge in [0, 0.05) is 0 Å². The lowest BCUT2D eigenvalue weighted by atomic mass is 9.75. The van der Waals surface area contributed by atoms with Gasteiger partial charge in [0.05, 0.1) is 18.3 Å². The highest BCUT2D eigenvalue weighted by molar-refractivity contribution is 6.63. The number of rotatable bonds is 2. The highest BCUT2D eigenvalue weighted by Crippen LogP contribution is 2.41. The molecule has 0 spiro atoms. The summed E-state index contributed by atoms with van der Waals surface area (Å²) in [5, 5.41) is 0. The summed E-state index contributed by atoms with van der Waals surface area (Å²) in [6.07, 6.45) is 0. The Hall–Kier alpha value is -1.73. The van der Waals surface area contributed by atoms with Gasteiger partial charge in [0.1, 0.15) is 5.56 Å². The first-order valence-corrected chi connectivity index (χ1v) is 7.55. The third-order valence-corrected chi connectivity index (χ3v) is 4.84. The fourth-order valence-corrected chi connectivity index (χ4v) is 2.69. The Bertz CT molecular complexity index is 651. The van der Waals surface area contributed by atoms with Gasteiger partial charge in [0.25, 0.3) is 0 Å². The molecule has 7 heteroatoms. The van der Waals surface area contributed by atoms with Crippen molar-refractivity contribution >= 4 is 18.6 Å². The number of carbonyl (C=O) groups is 1. The summed E-state index contributed by atoms with van der Waals surface area (Å²) in [5.74, 6) is 0.469. The molecule has 0 aromatic heterocycles. The molecule has 0 aliphatic carbocycles. The molecule has 3 rings (SSSR count). The molecule has 1 fully saturated rings. The minimum Gasteiger partial charge on any atom is -0.465 e. The van der Waals surface area contributed by atoms with Crippen LogP contribution in [0.1, 0.15) is 43.6 Å². The van der Waals surface area contributed by atoms with E-state index in [1.54, 1.807) is 6.07 Å². The van der Waals surface area contributed by atoms with Crippen LogP contribution in [0.2, 0.25) is 0 Å². The molecule has 2 aliphatic heterocycles. The number of carbonyl (C=O) groups excluding carboxylic acids is 1. The van der Waals surface area contributed by atoms with Crippen molar-refractivity contribution < 1.29 is 28.3 Å². The smallest absolute Gasteiger partial charge is 0.465 e. The number of fused-ring (bicyclic) bond motifs is 1. The summed E-state index contributed by atoms with van der Waals surface area (Å²) in [5.41, 5.74) is 0.963. The lowest BCUT2D eigenvalue weighted by Gasteiger charge is -2.32. The highest BCUT2D eigenvalue weighted by atomic mass is 16.7. The topological polar surface area (TPSA) is 63.2 Å². The van der Waals surface area contributed by atoms with E-state index < -0.39 is 24.3 Å². The van der Waals surface area contributed by atoms with E-state index in [-0.39, 0.29) is 6.79 Å². The van der Waals surface area contributed by atoms with Crippen molar-refractivity contribution in [1.29, 1.82) is 0 Å². The van der Waals surface area contributed by atoms with Crippen LogP contribution < -0.4 is 14.9 Å². The first-order valence-electron chi connectivity index (χ1n) is 7.55. The first-order chi connectivity index (χ1) is 10.7. The Morgan fingerprint density at radius 2 is 1.70 bits per heavy atom. The molecule has 0 N–H and O–H groups in total. The second-order valence-electron chi connectivity index (χ2n) is 6.78. The standard InChI is InChI=1S/C16H21BO6/c1-9-11(17-22-15(2,3)16(4,5)23-17)7-10(14(18)19-6)13-12(9)20-8-21-13/h7H,8H2,1-6H3. The molecule has 0 unspecified atom stereocenters. The summed E-state index contributed by atoms with van der Waals surface area (Å²) >= 11 is 0.